The molecule has 7 nitrogen and oxygen atoms in total. The minimum absolute atomic E-state index is 0.0000884. The maximum atomic E-state index is 13.4. The van der Waals surface area contributed by atoms with E-state index in [1.54, 1.807) is 0 Å². The first-order valence-electron chi connectivity index (χ1n) is 11.3. The summed E-state index contributed by atoms with van der Waals surface area (Å²) in [4.78, 5) is 29.3. The number of likely N-dealkylation sites (tertiary alicyclic amines) is 1. The molecule has 0 radical (unpaired) electrons. The molecular weight excluding hydrogens is 469 g/mol. The van der Waals surface area contributed by atoms with E-state index in [1.807, 2.05) is 17.2 Å². The molecule has 1 amide bonds. The van der Waals surface area contributed by atoms with Gasteiger partial charge in [-0.05, 0) is 49.9 Å². The van der Waals surface area contributed by atoms with E-state index >= 15 is 0 Å². The summed E-state index contributed by atoms with van der Waals surface area (Å²) < 4.78 is 39.6. The minimum atomic E-state index is -4.51. The van der Waals surface area contributed by atoms with Crippen molar-refractivity contribution in [3.8, 4) is 0 Å². The normalized spacial score (nSPS) is 21.8. The van der Waals surface area contributed by atoms with Gasteiger partial charge < -0.3 is 20.1 Å². The topological polar surface area (TPSA) is 77.2 Å². The smallest absolute Gasteiger partial charge is 0.374 e. The number of alkyl halides is 3. The van der Waals surface area contributed by atoms with Gasteiger partial charge >= 0.3 is 6.18 Å². The number of rotatable bonds is 4. The van der Waals surface area contributed by atoms with Crippen LogP contribution in [-0.2, 0) is 11.0 Å². The summed E-state index contributed by atoms with van der Waals surface area (Å²) in [7, 11) is 0. The molecule has 11 heteroatoms. The van der Waals surface area contributed by atoms with Gasteiger partial charge in [0.2, 0.25) is 5.91 Å². The highest BCUT2D eigenvalue weighted by molar-refractivity contribution is 6.31. The van der Waals surface area contributed by atoms with Crippen molar-refractivity contribution in [3.63, 3.8) is 0 Å². The Morgan fingerprint density at radius 3 is 2.76 bits per heavy atom. The van der Waals surface area contributed by atoms with Gasteiger partial charge in [-0.15, -0.1) is 0 Å². The molecule has 0 spiro atoms. The summed E-state index contributed by atoms with van der Waals surface area (Å²) in [5.74, 6) is 0.745. The molecule has 2 fully saturated rings. The van der Waals surface area contributed by atoms with Crippen LogP contribution in [0.5, 0.6) is 0 Å². The number of carbonyl (C=O) groups is 1. The SMILES string of the molecule is O=C1C(Nc2cc(Cl)cc(C(F)(F)F)c2)CCCN1C1CCCN(c2ncnc3[nH]ccc23)C1. The van der Waals surface area contributed by atoms with E-state index in [0.717, 1.165) is 54.8 Å². The number of nitrogens with zero attached hydrogens (tertiary/aromatic N) is 4. The molecule has 34 heavy (non-hydrogen) atoms. The number of fused-ring (bicyclic) bond motifs is 1. The number of anilines is 2. The zero-order valence-corrected chi connectivity index (χ0v) is 19.0. The Morgan fingerprint density at radius 1 is 1.12 bits per heavy atom. The maximum absolute atomic E-state index is 13.4. The molecular formula is C23H24ClF3N6O. The van der Waals surface area contributed by atoms with E-state index in [2.05, 4.69) is 25.2 Å². The molecule has 2 N–H and O–H groups in total. The van der Waals surface area contributed by atoms with Crippen molar-refractivity contribution in [1.29, 1.82) is 0 Å². The van der Waals surface area contributed by atoms with Crippen molar-refractivity contribution in [3.05, 3.63) is 47.4 Å². The van der Waals surface area contributed by atoms with Gasteiger partial charge in [-0.2, -0.15) is 13.2 Å². The number of halogens is 4. The Kier molecular flexibility index (Phi) is 6.01. The number of benzene rings is 1. The van der Waals surface area contributed by atoms with Crippen LogP contribution in [0.25, 0.3) is 11.0 Å². The van der Waals surface area contributed by atoms with E-state index in [-0.39, 0.29) is 22.7 Å². The molecule has 0 saturated carbocycles. The monoisotopic (exact) mass is 492 g/mol. The Bertz CT molecular complexity index is 1200. The second kappa shape index (κ2) is 8.98. The summed E-state index contributed by atoms with van der Waals surface area (Å²) in [6.45, 7) is 2.10. The highest BCUT2D eigenvalue weighted by Crippen LogP contribution is 2.34. The lowest BCUT2D eigenvalue weighted by Gasteiger charge is -2.43. The second-order valence-electron chi connectivity index (χ2n) is 8.78. The standard InChI is InChI=1S/C23H24ClF3N6O/c24-15-9-14(23(25,26)27)10-16(11-15)31-19-4-2-8-33(22(19)34)17-3-1-7-32(12-17)21-18-5-6-28-20(18)29-13-30-21/h5-6,9-11,13,17,19,31H,1-4,7-8,12H2,(H,28,29,30). The maximum Gasteiger partial charge on any atom is 0.416 e. The van der Waals surface area contributed by atoms with Gasteiger partial charge in [0.25, 0.3) is 0 Å². The molecule has 0 aliphatic carbocycles. The lowest BCUT2D eigenvalue weighted by atomic mass is 9.97. The van der Waals surface area contributed by atoms with Crippen LogP contribution in [-0.4, -0.2) is 57.5 Å². The van der Waals surface area contributed by atoms with Crippen LogP contribution in [0.1, 0.15) is 31.2 Å². The molecule has 4 heterocycles. The molecule has 2 aromatic heterocycles. The highest BCUT2D eigenvalue weighted by atomic mass is 35.5. The van der Waals surface area contributed by atoms with E-state index in [4.69, 9.17) is 11.6 Å². The lowest BCUT2D eigenvalue weighted by molar-refractivity contribution is -0.137. The average Bonchev–Trinajstić information content (AvgIpc) is 3.29. The Hall–Kier alpha value is -3.01. The number of hydrogen-bond donors (Lipinski definition) is 2. The summed E-state index contributed by atoms with van der Waals surface area (Å²) in [6, 6.07) is 4.65. The first-order chi connectivity index (χ1) is 16.3. The van der Waals surface area contributed by atoms with Crippen LogP contribution in [0, 0.1) is 0 Å². The van der Waals surface area contributed by atoms with Gasteiger partial charge in [0.05, 0.1) is 10.9 Å². The first-order valence-corrected chi connectivity index (χ1v) is 11.7. The molecule has 0 bridgehead atoms. The third kappa shape index (κ3) is 4.51. The first kappa shape index (κ1) is 22.8. The summed E-state index contributed by atoms with van der Waals surface area (Å²) >= 11 is 5.91. The average molecular weight is 493 g/mol. The van der Waals surface area contributed by atoms with Gasteiger partial charge in [0, 0.05) is 42.6 Å². The molecule has 2 aliphatic heterocycles. The number of hydrogen-bond acceptors (Lipinski definition) is 5. The Labute approximate surface area is 199 Å². The molecule has 2 saturated heterocycles. The van der Waals surface area contributed by atoms with Crippen LogP contribution in [0.15, 0.2) is 36.8 Å². The third-order valence-electron chi connectivity index (χ3n) is 6.51. The second-order valence-corrected chi connectivity index (χ2v) is 9.21. The third-order valence-corrected chi connectivity index (χ3v) is 6.73. The van der Waals surface area contributed by atoms with Crippen molar-refractivity contribution >= 4 is 40.0 Å². The molecule has 180 valence electrons. The molecule has 3 aromatic rings. The number of nitrogens with one attached hydrogen (secondary N) is 2. The zero-order chi connectivity index (χ0) is 23.9. The van der Waals surface area contributed by atoms with Crippen molar-refractivity contribution in [1.82, 2.24) is 19.9 Å². The van der Waals surface area contributed by atoms with Crippen LogP contribution >= 0.6 is 11.6 Å². The molecule has 1 aromatic carbocycles. The largest absolute Gasteiger partial charge is 0.416 e. The van der Waals surface area contributed by atoms with Crippen molar-refractivity contribution in [2.24, 2.45) is 0 Å². The van der Waals surface area contributed by atoms with Gasteiger partial charge in [-0.1, -0.05) is 11.6 Å². The number of aromatic nitrogens is 3. The number of carbonyl (C=O) groups excluding carboxylic acids is 1. The summed E-state index contributed by atoms with van der Waals surface area (Å²) in [5, 5.41) is 3.92. The van der Waals surface area contributed by atoms with Crippen molar-refractivity contribution < 1.29 is 18.0 Å². The van der Waals surface area contributed by atoms with Gasteiger partial charge in [0.1, 0.15) is 23.8 Å². The van der Waals surface area contributed by atoms with E-state index in [9.17, 15) is 18.0 Å². The van der Waals surface area contributed by atoms with Crippen molar-refractivity contribution in [2.75, 3.05) is 29.9 Å². The van der Waals surface area contributed by atoms with Crippen molar-refractivity contribution in [2.45, 2.75) is 43.9 Å². The predicted octanol–water partition coefficient (Wildman–Crippen LogP) is 4.70. The highest BCUT2D eigenvalue weighted by Gasteiger charge is 2.36. The van der Waals surface area contributed by atoms with Crippen LogP contribution in [0.2, 0.25) is 5.02 Å². The van der Waals surface area contributed by atoms with Crippen LogP contribution in [0.4, 0.5) is 24.7 Å². The van der Waals surface area contributed by atoms with E-state index < -0.39 is 17.8 Å². The number of H-pyrrole nitrogens is 1. The molecule has 5 rings (SSSR count). The minimum Gasteiger partial charge on any atom is -0.374 e. The molecule has 2 atom stereocenters. The fraction of sp³-hybridized carbons (Fsp3) is 0.435. The molecule has 2 unspecified atom stereocenters. The van der Waals surface area contributed by atoms with E-state index in [0.29, 0.717) is 19.5 Å². The van der Waals surface area contributed by atoms with Crippen LogP contribution < -0.4 is 10.2 Å². The number of aromatic amines is 1. The number of piperidine rings is 2. The Morgan fingerprint density at radius 2 is 1.94 bits per heavy atom. The fourth-order valence-corrected chi connectivity index (χ4v) is 5.18. The number of amides is 1. The van der Waals surface area contributed by atoms with Crippen LogP contribution in [0.3, 0.4) is 0 Å². The summed E-state index contributed by atoms with van der Waals surface area (Å²) in [6.07, 6.45) is 1.94. The summed E-state index contributed by atoms with van der Waals surface area (Å²) in [5.41, 5.74) is 0.123. The zero-order valence-electron chi connectivity index (χ0n) is 18.3. The predicted molar refractivity (Wildman–Crippen MR) is 124 cm³/mol. The quantitative estimate of drug-likeness (QED) is 0.552. The fourth-order valence-electron chi connectivity index (χ4n) is 4.95. The van der Waals surface area contributed by atoms with E-state index in [1.165, 1.54) is 12.4 Å². The lowest BCUT2D eigenvalue weighted by Crippen LogP contribution is -2.56. The Balaban J connectivity index is 1.32. The van der Waals surface area contributed by atoms with Gasteiger partial charge in [-0.25, -0.2) is 9.97 Å². The van der Waals surface area contributed by atoms with Gasteiger partial charge in [0.15, 0.2) is 0 Å². The molecule has 2 aliphatic rings. The van der Waals surface area contributed by atoms with Gasteiger partial charge in [-0.3, -0.25) is 4.79 Å².